The van der Waals surface area contributed by atoms with Gasteiger partial charge in [-0.25, -0.2) is 9.79 Å². The Hall–Kier alpha value is -3.75. The third kappa shape index (κ3) is 3.73. The maximum atomic E-state index is 12.9. The molecule has 30 heavy (non-hydrogen) atoms. The SMILES string of the molecule is COc1cc(C2NC(=O)N=C(C)C2C(=O)OCc2ccc3c(c2)OCO3)ccc1O. The Labute approximate surface area is 172 Å². The smallest absolute Gasteiger partial charge is 0.341 e. The molecule has 2 unspecified atom stereocenters. The molecular formula is C21H20N2O7. The number of aliphatic imine (C=N–C) groups is 1. The summed E-state index contributed by atoms with van der Waals surface area (Å²) in [5.74, 6) is 0.0618. The van der Waals surface area contributed by atoms with Gasteiger partial charge in [-0.05, 0) is 42.3 Å². The van der Waals surface area contributed by atoms with Crippen LogP contribution in [0.15, 0.2) is 41.4 Å². The van der Waals surface area contributed by atoms with Crippen molar-refractivity contribution in [3.63, 3.8) is 0 Å². The number of phenols is 1. The van der Waals surface area contributed by atoms with E-state index in [2.05, 4.69) is 10.3 Å². The van der Waals surface area contributed by atoms with E-state index in [0.29, 0.717) is 22.8 Å². The van der Waals surface area contributed by atoms with Gasteiger partial charge in [0.2, 0.25) is 6.79 Å². The lowest BCUT2D eigenvalue weighted by Gasteiger charge is -2.30. The molecule has 0 fully saturated rings. The molecule has 0 radical (unpaired) electrons. The van der Waals surface area contributed by atoms with Crippen LogP contribution in [0.25, 0.3) is 0 Å². The second-order valence-electron chi connectivity index (χ2n) is 6.88. The Kier molecular flexibility index (Phi) is 5.18. The number of urea groups is 1. The second-order valence-corrected chi connectivity index (χ2v) is 6.88. The molecule has 2 amide bonds. The first-order chi connectivity index (χ1) is 14.5. The van der Waals surface area contributed by atoms with Gasteiger partial charge in [-0.1, -0.05) is 12.1 Å². The van der Waals surface area contributed by atoms with Gasteiger partial charge in [-0.3, -0.25) is 4.79 Å². The van der Waals surface area contributed by atoms with Crippen molar-refractivity contribution >= 4 is 17.7 Å². The van der Waals surface area contributed by atoms with Gasteiger partial charge in [0, 0.05) is 5.71 Å². The van der Waals surface area contributed by atoms with Crippen molar-refractivity contribution in [2.24, 2.45) is 10.9 Å². The Morgan fingerprint density at radius 2 is 2.03 bits per heavy atom. The highest BCUT2D eigenvalue weighted by atomic mass is 16.7. The van der Waals surface area contributed by atoms with Crippen molar-refractivity contribution in [2.75, 3.05) is 13.9 Å². The number of nitrogens with one attached hydrogen (secondary N) is 1. The summed E-state index contributed by atoms with van der Waals surface area (Å²) in [6.07, 6.45) is 0. The Balaban J connectivity index is 1.55. The third-order valence-electron chi connectivity index (χ3n) is 4.98. The molecule has 0 bridgehead atoms. The number of carbonyl (C=O) groups is 2. The number of nitrogens with zero attached hydrogens (tertiary/aromatic N) is 1. The molecule has 4 rings (SSSR count). The summed E-state index contributed by atoms with van der Waals surface area (Å²) >= 11 is 0. The van der Waals surface area contributed by atoms with Crippen molar-refractivity contribution in [1.82, 2.24) is 5.32 Å². The van der Waals surface area contributed by atoms with Gasteiger partial charge < -0.3 is 29.4 Å². The average molecular weight is 412 g/mol. The van der Waals surface area contributed by atoms with Crippen LogP contribution in [-0.2, 0) is 16.1 Å². The number of hydrogen-bond acceptors (Lipinski definition) is 7. The zero-order valence-electron chi connectivity index (χ0n) is 16.4. The minimum absolute atomic E-state index is 0.0266. The molecule has 0 aliphatic carbocycles. The van der Waals surface area contributed by atoms with E-state index < -0.39 is 24.0 Å². The molecule has 2 N–H and O–H groups in total. The third-order valence-corrected chi connectivity index (χ3v) is 4.98. The fourth-order valence-electron chi connectivity index (χ4n) is 3.46. The zero-order valence-corrected chi connectivity index (χ0v) is 16.4. The molecule has 9 nitrogen and oxygen atoms in total. The van der Waals surface area contributed by atoms with Gasteiger partial charge in [-0.15, -0.1) is 0 Å². The van der Waals surface area contributed by atoms with E-state index in [4.69, 9.17) is 18.9 Å². The quantitative estimate of drug-likeness (QED) is 0.726. The van der Waals surface area contributed by atoms with Crippen molar-refractivity contribution in [3.05, 3.63) is 47.5 Å². The van der Waals surface area contributed by atoms with E-state index >= 15 is 0 Å². The van der Waals surface area contributed by atoms with Crippen molar-refractivity contribution in [3.8, 4) is 23.0 Å². The highest BCUT2D eigenvalue weighted by Gasteiger charge is 2.38. The molecule has 0 aromatic heterocycles. The van der Waals surface area contributed by atoms with Gasteiger partial charge in [0.15, 0.2) is 23.0 Å². The number of fused-ring (bicyclic) bond motifs is 1. The molecular weight excluding hydrogens is 392 g/mol. The Morgan fingerprint density at radius 1 is 1.23 bits per heavy atom. The molecule has 2 aliphatic rings. The molecule has 2 aromatic rings. The Morgan fingerprint density at radius 3 is 2.83 bits per heavy atom. The van der Waals surface area contributed by atoms with E-state index in [-0.39, 0.29) is 24.9 Å². The zero-order chi connectivity index (χ0) is 21.3. The lowest BCUT2D eigenvalue weighted by Crippen LogP contribution is -2.44. The first kappa shape index (κ1) is 19.6. The molecule has 0 saturated heterocycles. The highest BCUT2D eigenvalue weighted by Crippen LogP contribution is 2.35. The molecule has 0 saturated carbocycles. The standard InChI is InChI=1S/C21H20N2O7/c1-11-18(20(25)28-9-12-3-6-15-17(7-12)30-10-29-15)19(23-21(26)22-11)13-4-5-14(24)16(8-13)27-2/h3-8,18-19,24H,9-10H2,1-2H3,(H,23,26). The first-order valence-corrected chi connectivity index (χ1v) is 9.24. The minimum atomic E-state index is -0.828. The maximum absolute atomic E-state index is 12.9. The fraction of sp³-hybridized carbons (Fsp3) is 0.286. The van der Waals surface area contributed by atoms with Crippen molar-refractivity contribution in [2.45, 2.75) is 19.6 Å². The predicted octanol–water partition coefficient (Wildman–Crippen LogP) is 2.71. The summed E-state index contributed by atoms with van der Waals surface area (Å²) in [7, 11) is 1.42. The number of methoxy groups -OCH3 is 1. The lowest BCUT2D eigenvalue weighted by molar-refractivity contribution is -0.148. The Bertz CT molecular complexity index is 1030. The largest absolute Gasteiger partial charge is 0.504 e. The summed E-state index contributed by atoms with van der Waals surface area (Å²) in [4.78, 5) is 28.8. The van der Waals surface area contributed by atoms with Crippen LogP contribution < -0.4 is 19.5 Å². The number of carbonyl (C=O) groups excluding carboxylic acids is 2. The van der Waals surface area contributed by atoms with Crippen LogP contribution in [0.4, 0.5) is 4.79 Å². The van der Waals surface area contributed by atoms with Crippen LogP contribution in [0.5, 0.6) is 23.0 Å². The van der Waals surface area contributed by atoms with Gasteiger partial charge in [0.05, 0.1) is 13.2 Å². The van der Waals surface area contributed by atoms with E-state index in [1.165, 1.54) is 13.2 Å². The monoisotopic (exact) mass is 412 g/mol. The van der Waals surface area contributed by atoms with E-state index in [1.54, 1.807) is 37.3 Å². The molecule has 156 valence electrons. The number of phenolic OH excluding ortho intramolecular Hbond substituents is 1. The van der Waals surface area contributed by atoms with Crippen molar-refractivity contribution in [1.29, 1.82) is 0 Å². The highest BCUT2D eigenvalue weighted by molar-refractivity contribution is 6.08. The van der Waals surface area contributed by atoms with Crippen LogP contribution >= 0.6 is 0 Å². The van der Waals surface area contributed by atoms with E-state index in [0.717, 1.165) is 5.56 Å². The van der Waals surface area contributed by atoms with Crippen LogP contribution in [-0.4, -0.2) is 36.7 Å². The molecule has 2 aromatic carbocycles. The summed E-state index contributed by atoms with van der Waals surface area (Å²) in [5, 5.41) is 12.5. The second kappa shape index (κ2) is 7.94. The van der Waals surface area contributed by atoms with Gasteiger partial charge >= 0.3 is 12.0 Å². The summed E-state index contributed by atoms with van der Waals surface area (Å²) < 4.78 is 21.3. The molecule has 9 heteroatoms. The number of aromatic hydroxyl groups is 1. The van der Waals surface area contributed by atoms with Crippen molar-refractivity contribution < 1.29 is 33.6 Å². The average Bonchev–Trinajstić information content (AvgIpc) is 3.19. The van der Waals surface area contributed by atoms with E-state index in [1.807, 2.05) is 0 Å². The lowest BCUT2D eigenvalue weighted by atomic mass is 9.88. The van der Waals surface area contributed by atoms with Crippen LogP contribution in [0.2, 0.25) is 0 Å². The molecule has 2 atom stereocenters. The number of rotatable bonds is 5. The van der Waals surface area contributed by atoms with E-state index in [9.17, 15) is 14.7 Å². The van der Waals surface area contributed by atoms with Gasteiger partial charge in [-0.2, -0.15) is 0 Å². The van der Waals surface area contributed by atoms with Crippen LogP contribution in [0, 0.1) is 5.92 Å². The van der Waals surface area contributed by atoms with Crippen LogP contribution in [0.3, 0.4) is 0 Å². The van der Waals surface area contributed by atoms with Gasteiger partial charge in [0.1, 0.15) is 12.5 Å². The predicted molar refractivity (Wildman–Crippen MR) is 105 cm³/mol. The molecule has 2 aliphatic heterocycles. The first-order valence-electron chi connectivity index (χ1n) is 9.24. The maximum Gasteiger partial charge on any atom is 0.341 e. The minimum Gasteiger partial charge on any atom is -0.504 e. The van der Waals surface area contributed by atoms with Gasteiger partial charge in [0.25, 0.3) is 0 Å². The fourth-order valence-corrected chi connectivity index (χ4v) is 3.46. The molecule has 2 heterocycles. The number of esters is 1. The van der Waals surface area contributed by atoms with Crippen LogP contribution in [0.1, 0.15) is 24.1 Å². The summed E-state index contributed by atoms with van der Waals surface area (Å²) in [5.41, 5.74) is 1.66. The number of benzene rings is 2. The number of hydrogen-bond donors (Lipinski definition) is 2. The number of ether oxygens (including phenoxy) is 4. The normalized spacial score (nSPS) is 19.7. The molecule has 0 spiro atoms. The summed E-state index contributed by atoms with van der Waals surface area (Å²) in [6.45, 7) is 1.79. The summed E-state index contributed by atoms with van der Waals surface area (Å²) in [6, 6.07) is 8.64. The number of amides is 2. The topological polar surface area (TPSA) is 116 Å².